The van der Waals surface area contributed by atoms with Crippen molar-refractivity contribution in [3.05, 3.63) is 75.3 Å². The number of unbranched alkanes of at least 4 members (excludes halogenated alkanes) is 2. The maximum absolute atomic E-state index is 12.8. The zero-order valence-electron chi connectivity index (χ0n) is 18.7. The number of urea groups is 1. The predicted molar refractivity (Wildman–Crippen MR) is 129 cm³/mol. The van der Waals surface area contributed by atoms with Gasteiger partial charge in [0, 0.05) is 13.0 Å². The van der Waals surface area contributed by atoms with Crippen LogP contribution in [-0.2, 0) is 21.7 Å². The highest BCUT2D eigenvalue weighted by molar-refractivity contribution is 7.71. The number of hydrogen-bond acceptors (Lipinski definition) is 5. The number of carbonyl (C=O) groups is 3. The van der Waals surface area contributed by atoms with Gasteiger partial charge in [-0.15, -0.1) is 0 Å². The van der Waals surface area contributed by atoms with Gasteiger partial charge in [0.15, 0.2) is 4.77 Å². The molecule has 1 unspecified atom stereocenters. The molecule has 1 aliphatic heterocycles. The van der Waals surface area contributed by atoms with Crippen LogP contribution in [0.5, 0.6) is 0 Å². The summed E-state index contributed by atoms with van der Waals surface area (Å²) in [5.41, 5.74) is 2.36. The quantitative estimate of drug-likeness (QED) is 0.261. The number of H-pyrrole nitrogens is 1. The fraction of sp³-hybridized carbons (Fsp3) is 0.292. The van der Waals surface area contributed by atoms with Crippen molar-refractivity contribution in [3.8, 4) is 0 Å². The van der Waals surface area contributed by atoms with E-state index in [1.165, 1.54) is 4.57 Å². The first-order valence-corrected chi connectivity index (χ1v) is 11.5. The van der Waals surface area contributed by atoms with Crippen molar-refractivity contribution in [2.45, 2.75) is 44.7 Å². The summed E-state index contributed by atoms with van der Waals surface area (Å²) in [7, 11) is 0. The molecule has 0 aliphatic carbocycles. The summed E-state index contributed by atoms with van der Waals surface area (Å²) in [6.45, 7) is 2.04. The van der Waals surface area contributed by atoms with E-state index >= 15 is 0 Å². The van der Waals surface area contributed by atoms with E-state index in [9.17, 15) is 19.2 Å². The fourth-order valence-corrected chi connectivity index (χ4v) is 4.31. The summed E-state index contributed by atoms with van der Waals surface area (Å²) in [6.07, 6.45) is 1.99. The number of para-hydroxylation sites is 1. The molecule has 1 aliphatic rings. The lowest BCUT2D eigenvalue weighted by Gasteiger charge is -2.22. The van der Waals surface area contributed by atoms with Crippen molar-refractivity contribution in [2.75, 3.05) is 0 Å². The molecule has 0 saturated carbocycles. The van der Waals surface area contributed by atoms with Crippen LogP contribution in [0.15, 0.2) is 59.4 Å². The molecule has 176 valence electrons. The van der Waals surface area contributed by atoms with Crippen LogP contribution in [0.2, 0.25) is 0 Å². The van der Waals surface area contributed by atoms with E-state index in [1.807, 2.05) is 18.2 Å². The van der Waals surface area contributed by atoms with Crippen LogP contribution in [0.4, 0.5) is 4.79 Å². The van der Waals surface area contributed by atoms with E-state index < -0.39 is 23.4 Å². The minimum atomic E-state index is -1.24. The Labute approximate surface area is 200 Å². The molecule has 4 amide bonds. The van der Waals surface area contributed by atoms with Crippen LogP contribution < -0.4 is 16.3 Å². The van der Waals surface area contributed by atoms with Gasteiger partial charge in [0.05, 0.1) is 10.9 Å². The second-order valence-electron chi connectivity index (χ2n) is 8.34. The number of aromatic amines is 1. The number of carbonyl (C=O) groups excluding carboxylic acids is 3. The number of nitrogens with zero attached hydrogens (tertiary/aromatic N) is 2. The molecule has 1 atom stereocenters. The van der Waals surface area contributed by atoms with E-state index in [1.54, 1.807) is 43.3 Å². The fourth-order valence-electron chi connectivity index (χ4n) is 4.02. The summed E-state index contributed by atoms with van der Waals surface area (Å²) < 4.78 is 1.89. The molecular weight excluding hydrogens is 454 g/mol. The van der Waals surface area contributed by atoms with E-state index in [0.29, 0.717) is 47.0 Å². The second kappa shape index (κ2) is 9.60. The Balaban J connectivity index is 1.28. The molecule has 4 rings (SSSR count). The van der Waals surface area contributed by atoms with Crippen molar-refractivity contribution < 1.29 is 14.4 Å². The van der Waals surface area contributed by atoms with Crippen molar-refractivity contribution in [2.24, 2.45) is 0 Å². The minimum absolute atomic E-state index is 0.137. The highest BCUT2D eigenvalue weighted by Crippen LogP contribution is 2.27. The van der Waals surface area contributed by atoms with Gasteiger partial charge < -0.3 is 10.3 Å². The third-order valence-electron chi connectivity index (χ3n) is 5.95. The lowest BCUT2D eigenvalue weighted by molar-refractivity contribution is -0.139. The number of amides is 4. The second-order valence-corrected chi connectivity index (χ2v) is 8.73. The average Bonchev–Trinajstić information content (AvgIpc) is 3.05. The van der Waals surface area contributed by atoms with Crippen LogP contribution in [0, 0.1) is 4.77 Å². The van der Waals surface area contributed by atoms with Gasteiger partial charge in [0.2, 0.25) is 5.91 Å². The maximum Gasteiger partial charge on any atom is 0.344 e. The standard InChI is InChI=1S/C24H25N5O4S/c1-24(16-10-4-2-5-11-16)21(32)29(22(33)26-24)27-19(30)14-6-3-9-15-28-20(31)17-12-7-8-13-18(17)25-23(28)34/h2,4-5,7-8,10-13H,3,6,9,14-15H2,1H3,(H,25,34)(H,26,33)(H,27,30). The van der Waals surface area contributed by atoms with Crippen molar-refractivity contribution >= 4 is 41.0 Å². The Morgan fingerprint density at radius 3 is 2.47 bits per heavy atom. The van der Waals surface area contributed by atoms with Crippen LogP contribution >= 0.6 is 12.2 Å². The monoisotopic (exact) mass is 479 g/mol. The van der Waals surface area contributed by atoms with E-state index in [-0.39, 0.29) is 12.0 Å². The molecule has 1 fully saturated rings. The summed E-state index contributed by atoms with van der Waals surface area (Å²) >= 11 is 5.31. The Morgan fingerprint density at radius 2 is 1.71 bits per heavy atom. The summed E-state index contributed by atoms with van der Waals surface area (Å²) in [5, 5.41) is 3.96. The topological polar surface area (TPSA) is 116 Å². The molecule has 2 aromatic carbocycles. The highest BCUT2D eigenvalue weighted by atomic mass is 32.1. The molecule has 1 saturated heterocycles. The molecule has 9 nitrogen and oxygen atoms in total. The van der Waals surface area contributed by atoms with Gasteiger partial charge in [-0.05, 0) is 49.7 Å². The van der Waals surface area contributed by atoms with Gasteiger partial charge in [0.1, 0.15) is 5.54 Å². The zero-order valence-corrected chi connectivity index (χ0v) is 19.5. The number of imide groups is 1. The molecule has 0 bridgehead atoms. The Morgan fingerprint density at radius 1 is 1.00 bits per heavy atom. The van der Waals surface area contributed by atoms with Gasteiger partial charge in [-0.25, -0.2) is 4.79 Å². The first-order valence-electron chi connectivity index (χ1n) is 11.0. The Kier molecular flexibility index (Phi) is 6.60. The van der Waals surface area contributed by atoms with E-state index in [2.05, 4.69) is 15.7 Å². The van der Waals surface area contributed by atoms with Gasteiger partial charge in [0.25, 0.3) is 11.5 Å². The van der Waals surface area contributed by atoms with Crippen molar-refractivity contribution in [1.29, 1.82) is 0 Å². The van der Waals surface area contributed by atoms with Gasteiger partial charge in [-0.3, -0.25) is 24.4 Å². The molecule has 2 heterocycles. The SMILES string of the molecule is CC1(c2ccccc2)NC(=O)N(NC(=O)CCCCCn2c(=S)[nH]c3ccccc3c2=O)C1=O. The Bertz CT molecular complexity index is 1370. The van der Waals surface area contributed by atoms with E-state index in [0.717, 1.165) is 5.01 Å². The van der Waals surface area contributed by atoms with Gasteiger partial charge >= 0.3 is 6.03 Å². The number of fused-ring (bicyclic) bond motifs is 1. The molecule has 1 aromatic heterocycles. The maximum atomic E-state index is 12.8. The largest absolute Gasteiger partial charge is 0.344 e. The smallest absolute Gasteiger partial charge is 0.332 e. The van der Waals surface area contributed by atoms with Crippen LogP contribution in [-0.4, -0.2) is 32.4 Å². The minimum Gasteiger partial charge on any atom is -0.332 e. The molecule has 10 heteroatoms. The number of hydrogen-bond donors (Lipinski definition) is 3. The molecule has 3 aromatic rings. The van der Waals surface area contributed by atoms with Gasteiger partial charge in [-0.1, -0.05) is 48.9 Å². The molecule has 0 spiro atoms. The summed E-state index contributed by atoms with van der Waals surface area (Å²) in [6, 6.07) is 15.4. The first-order chi connectivity index (χ1) is 16.3. The number of rotatable bonds is 8. The average molecular weight is 480 g/mol. The number of nitrogens with one attached hydrogen (secondary N) is 3. The number of hydrazine groups is 1. The normalized spacial score (nSPS) is 17.7. The zero-order chi connectivity index (χ0) is 24.3. The lowest BCUT2D eigenvalue weighted by atomic mass is 9.92. The first kappa shape index (κ1) is 23.4. The van der Waals surface area contributed by atoms with E-state index in [4.69, 9.17) is 12.2 Å². The highest BCUT2D eigenvalue weighted by Gasteiger charge is 2.49. The third-order valence-corrected chi connectivity index (χ3v) is 6.28. The number of benzene rings is 2. The predicted octanol–water partition coefficient (Wildman–Crippen LogP) is 3.12. The van der Waals surface area contributed by atoms with Crippen molar-refractivity contribution in [1.82, 2.24) is 25.3 Å². The van der Waals surface area contributed by atoms with Crippen LogP contribution in [0.3, 0.4) is 0 Å². The lowest BCUT2D eigenvalue weighted by Crippen LogP contribution is -2.47. The summed E-state index contributed by atoms with van der Waals surface area (Å²) in [5.74, 6) is -0.970. The molecule has 34 heavy (non-hydrogen) atoms. The molecular formula is C24H25N5O4S. The van der Waals surface area contributed by atoms with Gasteiger partial charge in [-0.2, -0.15) is 5.01 Å². The third kappa shape index (κ3) is 4.49. The Hall–Kier alpha value is -3.79. The molecule has 0 radical (unpaired) electrons. The molecule has 3 N–H and O–H groups in total. The van der Waals surface area contributed by atoms with Crippen molar-refractivity contribution in [3.63, 3.8) is 0 Å². The van der Waals surface area contributed by atoms with Crippen LogP contribution in [0.25, 0.3) is 10.9 Å². The summed E-state index contributed by atoms with van der Waals surface area (Å²) in [4.78, 5) is 53.3. The number of aromatic nitrogens is 2. The van der Waals surface area contributed by atoms with Crippen LogP contribution in [0.1, 0.15) is 38.2 Å².